The van der Waals surface area contributed by atoms with Gasteiger partial charge in [0.05, 0.1) is 0 Å². The maximum Gasteiger partial charge on any atom is 0.0105 e. The Morgan fingerprint density at radius 3 is 2.24 bits per heavy atom. The molecule has 21 heavy (non-hydrogen) atoms. The number of likely N-dealkylation sites (tertiary alicyclic amines) is 1. The van der Waals surface area contributed by atoms with Gasteiger partial charge < -0.3 is 10.2 Å². The Morgan fingerprint density at radius 2 is 1.71 bits per heavy atom. The zero-order chi connectivity index (χ0) is 15.7. The smallest absolute Gasteiger partial charge is 0.0105 e. The number of nitrogens with zero attached hydrogens (tertiary/aromatic N) is 1. The van der Waals surface area contributed by atoms with Gasteiger partial charge in [-0.2, -0.15) is 0 Å². The molecule has 2 fully saturated rings. The Morgan fingerprint density at radius 1 is 1.10 bits per heavy atom. The van der Waals surface area contributed by atoms with Crippen LogP contribution in [0.25, 0.3) is 0 Å². The lowest BCUT2D eigenvalue weighted by Gasteiger charge is -2.45. The first-order valence-corrected chi connectivity index (χ1v) is 9.11. The van der Waals surface area contributed by atoms with Crippen molar-refractivity contribution in [3.63, 3.8) is 0 Å². The highest BCUT2D eigenvalue weighted by Crippen LogP contribution is 2.40. The van der Waals surface area contributed by atoms with Crippen molar-refractivity contribution in [1.29, 1.82) is 0 Å². The number of rotatable bonds is 3. The van der Waals surface area contributed by atoms with Crippen LogP contribution in [0.2, 0.25) is 0 Å². The predicted molar refractivity (Wildman–Crippen MR) is 92.6 cm³/mol. The van der Waals surface area contributed by atoms with Crippen molar-refractivity contribution >= 4 is 0 Å². The van der Waals surface area contributed by atoms with Crippen molar-refractivity contribution in [1.82, 2.24) is 10.2 Å². The summed E-state index contributed by atoms with van der Waals surface area (Å²) in [5, 5.41) is 3.59. The largest absolute Gasteiger partial charge is 0.317 e. The zero-order valence-electron chi connectivity index (χ0n) is 15.3. The van der Waals surface area contributed by atoms with E-state index in [0.717, 1.165) is 17.9 Å². The molecule has 0 bridgehead atoms. The molecular weight excluding hydrogens is 256 g/mol. The number of nitrogens with one attached hydrogen (secondary N) is 1. The molecule has 0 radical (unpaired) electrons. The summed E-state index contributed by atoms with van der Waals surface area (Å²) in [5.41, 5.74) is 1.04. The molecule has 2 atom stereocenters. The molecule has 0 spiro atoms. The molecule has 0 aromatic rings. The predicted octanol–water partition coefficient (Wildman–Crippen LogP) is 4.16. The topological polar surface area (TPSA) is 15.3 Å². The van der Waals surface area contributed by atoms with Gasteiger partial charge in [-0.05, 0) is 74.9 Å². The van der Waals surface area contributed by atoms with Gasteiger partial charge in [-0.15, -0.1) is 0 Å². The van der Waals surface area contributed by atoms with Crippen molar-refractivity contribution in [2.45, 2.75) is 72.8 Å². The first-order chi connectivity index (χ1) is 9.71. The third kappa shape index (κ3) is 4.69. The quantitative estimate of drug-likeness (QED) is 0.841. The van der Waals surface area contributed by atoms with E-state index in [1.165, 1.54) is 51.7 Å². The van der Waals surface area contributed by atoms with Gasteiger partial charge in [0.15, 0.2) is 0 Å². The molecule has 1 saturated heterocycles. The van der Waals surface area contributed by atoms with E-state index in [9.17, 15) is 0 Å². The molecule has 2 nitrogen and oxygen atoms in total. The third-order valence-electron chi connectivity index (χ3n) is 6.19. The molecule has 0 amide bonds. The van der Waals surface area contributed by atoms with Crippen LogP contribution in [0.5, 0.6) is 0 Å². The maximum absolute atomic E-state index is 3.59. The van der Waals surface area contributed by atoms with Crippen molar-refractivity contribution < 1.29 is 0 Å². The summed E-state index contributed by atoms with van der Waals surface area (Å²) in [4.78, 5) is 2.75. The summed E-state index contributed by atoms with van der Waals surface area (Å²) < 4.78 is 0. The second-order valence-electron chi connectivity index (χ2n) is 9.50. The van der Waals surface area contributed by atoms with E-state index in [1.807, 2.05) is 0 Å². The summed E-state index contributed by atoms with van der Waals surface area (Å²) in [6, 6.07) is 0.735. The minimum Gasteiger partial charge on any atom is -0.317 e. The fourth-order valence-corrected chi connectivity index (χ4v) is 4.62. The van der Waals surface area contributed by atoms with Gasteiger partial charge >= 0.3 is 0 Å². The lowest BCUT2D eigenvalue weighted by atomic mass is 9.69. The monoisotopic (exact) mass is 294 g/mol. The SMILES string of the molecule is CNC1CCC(C)(C)CC1CN1CCC(C(C)(C)C)CC1. The van der Waals surface area contributed by atoms with E-state index in [2.05, 4.69) is 51.9 Å². The highest BCUT2D eigenvalue weighted by Gasteiger charge is 2.36. The molecule has 1 saturated carbocycles. The molecule has 0 aromatic carbocycles. The molecule has 2 unspecified atom stereocenters. The average molecular weight is 295 g/mol. The van der Waals surface area contributed by atoms with Crippen LogP contribution in [0.4, 0.5) is 0 Å². The standard InChI is InChI=1S/C19H38N2/c1-18(2,3)16-8-11-21(12-9-16)14-15-13-19(4,5)10-7-17(15)20-6/h15-17,20H,7-14H2,1-6H3. The summed E-state index contributed by atoms with van der Waals surface area (Å²) in [7, 11) is 2.15. The van der Waals surface area contributed by atoms with Crippen LogP contribution in [0.15, 0.2) is 0 Å². The second-order valence-corrected chi connectivity index (χ2v) is 9.50. The van der Waals surface area contributed by atoms with E-state index < -0.39 is 0 Å². The van der Waals surface area contributed by atoms with Crippen LogP contribution in [0.1, 0.15) is 66.7 Å². The first-order valence-electron chi connectivity index (χ1n) is 9.11. The lowest BCUT2D eigenvalue weighted by Crippen LogP contribution is -2.48. The van der Waals surface area contributed by atoms with E-state index in [1.54, 1.807) is 0 Å². The van der Waals surface area contributed by atoms with E-state index >= 15 is 0 Å². The highest BCUT2D eigenvalue weighted by atomic mass is 15.1. The van der Waals surface area contributed by atoms with Gasteiger partial charge in [-0.1, -0.05) is 34.6 Å². The van der Waals surface area contributed by atoms with Crippen LogP contribution in [-0.2, 0) is 0 Å². The molecule has 2 aliphatic rings. The molecule has 1 aliphatic carbocycles. The number of hydrogen-bond donors (Lipinski definition) is 1. The van der Waals surface area contributed by atoms with E-state index in [-0.39, 0.29) is 0 Å². The average Bonchev–Trinajstić information content (AvgIpc) is 2.37. The van der Waals surface area contributed by atoms with Crippen molar-refractivity contribution in [3.8, 4) is 0 Å². The van der Waals surface area contributed by atoms with Crippen LogP contribution in [-0.4, -0.2) is 37.6 Å². The molecule has 2 rings (SSSR count). The van der Waals surface area contributed by atoms with Gasteiger partial charge in [-0.25, -0.2) is 0 Å². The Bertz CT molecular complexity index is 321. The number of piperidine rings is 1. The summed E-state index contributed by atoms with van der Waals surface area (Å²) in [6.07, 6.45) is 6.90. The summed E-state index contributed by atoms with van der Waals surface area (Å²) in [6.45, 7) is 16.1. The fraction of sp³-hybridized carbons (Fsp3) is 1.00. The van der Waals surface area contributed by atoms with Gasteiger partial charge in [0.1, 0.15) is 0 Å². The van der Waals surface area contributed by atoms with Crippen molar-refractivity contribution in [3.05, 3.63) is 0 Å². The Kier molecular flexibility index (Phi) is 5.41. The lowest BCUT2D eigenvalue weighted by molar-refractivity contribution is 0.0655. The number of hydrogen-bond acceptors (Lipinski definition) is 2. The Balaban J connectivity index is 1.86. The summed E-state index contributed by atoms with van der Waals surface area (Å²) in [5.74, 6) is 1.75. The minimum atomic E-state index is 0.492. The minimum absolute atomic E-state index is 0.492. The van der Waals surface area contributed by atoms with Crippen LogP contribution in [0, 0.1) is 22.7 Å². The Labute approximate surface area is 133 Å². The zero-order valence-corrected chi connectivity index (χ0v) is 15.3. The van der Waals surface area contributed by atoms with Gasteiger partial charge in [0.25, 0.3) is 0 Å². The highest BCUT2D eigenvalue weighted by molar-refractivity contribution is 4.91. The first kappa shape index (κ1) is 17.3. The molecule has 124 valence electrons. The summed E-state index contributed by atoms with van der Waals surface area (Å²) >= 11 is 0. The van der Waals surface area contributed by atoms with Gasteiger partial charge in [0, 0.05) is 12.6 Å². The van der Waals surface area contributed by atoms with Gasteiger partial charge in [-0.3, -0.25) is 0 Å². The molecule has 1 heterocycles. The molecule has 2 heteroatoms. The van der Waals surface area contributed by atoms with Crippen molar-refractivity contribution in [2.24, 2.45) is 22.7 Å². The molecule has 0 aromatic heterocycles. The van der Waals surface area contributed by atoms with Crippen LogP contribution in [0.3, 0.4) is 0 Å². The third-order valence-corrected chi connectivity index (χ3v) is 6.19. The fourth-order valence-electron chi connectivity index (χ4n) is 4.62. The second kappa shape index (κ2) is 6.58. The molecule has 1 N–H and O–H groups in total. The van der Waals surface area contributed by atoms with Crippen molar-refractivity contribution in [2.75, 3.05) is 26.7 Å². The molecule has 1 aliphatic heterocycles. The van der Waals surface area contributed by atoms with Crippen LogP contribution >= 0.6 is 0 Å². The Hall–Kier alpha value is -0.0800. The van der Waals surface area contributed by atoms with Gasteiger partial charge in [0.2, 0.25) is 0 Å². The maximum atomic E-state index is 3.59. The van der Waals surface area contributed by atoms with E-state index in [4.69, 9.17) is 0 Å². The normalized spacial score (nSPS) is 32.3. The van der Waals surface area contributed by atoms with E-state index in [0.29, 0.717) is 10.8 Å². The van der Waals surface area contributed by atoms with Crippen LogP contribution < -0.4 is 5.32 Å². The molecular formula is C19H38N2.